The van der Waals surface area contributed by atoms with E-state index in [0.717, 1.165) is 23.3 Å². The van der Waals surface area contributed by atoms with Crippen LogP contribution in [-0.2, 0) is 0 Å². The number of hydrogen-bond donors (Lipinski definition) is 2. The van der Waals surface area contributed by atoms with E-state index in [1.54, 1.807) is 0 Å². The second kappa shape index (κ2) is 4.09. The third-order valence-electron chi connectivity index (χ3n) is 2.91. The predicted octanol–water partition coefficient (Wildman–Crippen LogP) is 1.09. The van der Waals surface area contributed by atoms with Crippen LogP contribution >= 0.6 is 0 Å². The quantitative estimate of drug-likeness (QED) is 0.809. The van der Waals surface area contributed by atoms with Crippen molar-refractivity contribution in [2.45, 2.75) is 18.9 Å². The number of nitrogens with one attached hydrogen (secondary N) is 2. The van der Waals surface area contributed by atoms with Crippen molar-refractivity contribution >= 4 is 11.0 Å². The maximum Gasteiger partial charge on any atom is 0.154 e. The maximum atomic E-state index is 5.78. The Bertz CT molecular complexity index is 476. The highest BCUT2D eigenvalue weighted by atomic mass is 16.5. The monoisotopic (exact) mass is 218 g/mol. The van der Waals surface area contributed by atoms with E-state index >= 15 is 0 Å². The first-order chi connectivity index (χ1) is 7.93. The van der Waals surface area contributed by atoms with Crippen LogP contribution in [0.2, 0.25) is 0 Å². The number of ether oxygens (including phenoxy) is 1. The van der Waals surface area contributed by atoms with Gasteiger partial charge in [0, 0.05) is 6.04 Å². The van der Waals surface area contributed by atoms with Gasteiger partial charge in [-0.25, -0.2) is 0 Å². The molecule has 2 N–H and O–H groups in total. The average Bonchev–Trinajstić information content (AvgIpc) is 2.97. The molecule has 16 heavy (non-hydrogen) atoms. The van der Waals surface area contributed by atoms with Crippen molar-refractivity contribution < 1.29 is 4.74 Å². The number of aromatic amines is 1. The van der Waals surface area contributed by atoms with E-state index in [1.807, 2.05) is 18.2 Å². The van der Waals surface area contributed by atoms with E-state index in [2.05, 4.69) is 20.7 Å². The van der Waals surface area contributed by atoms with Gasteiger partial charge in [-0.05, 0) is 31.5 Å². The van der Waals surface area contributed by atoms with Crippen molar-refractivity contribution in [2.24, 2.45) is 0 Å². The van der Waals surface area contributed by atoms with Gasteiger partial charge in [0.15, 0.2) is 5.52 Å². The van der Waals surface area contributed by atoms with Gasteiger partial charge in [0.2, 0.25) is 0 Å². The lowest BCUT2D eigenvalue weighted by Gasteiger charge is -2.11. The zero-order chi connectivity index (χ0) is 10.8. The Labute approximate surface area is 93.2 Å². The molecule has 0 aliphatic carbocycles. The highest BCUT2D eigenvalue weighted by Gasteiger charge is 2.15. The zero-order valence-electron chi connectivity index (χ0n) is 8.94. The van der Waals surface area contributed by atoms with Crippen LogP contribution < -0.4 is 10.1 Å². The molecule has 5 heteroatoms. The second-order valence-electron chi connectivity index (χ2n) is 4.05. The van der Waals surface area contributed by atoms with Gasteiger partial charge >= 0.3 is 0 Å². The molecule has 1 unspecified atom stereocenters. The zero-order valence-corrected chi connectivity index (χ0v) is 8.94. The molecule has 1 aliphatic heterocycles. The van der Waals surface area contributed by atoms with Gasteiger partial charge < -0.3 is 10.1 Å². The summed E-state index contributed by atoms with van der Waals surface area (Å²) in [7, 11) is 0. The van der Waals surface area contributed by atoms with Crippen molar-refractivity contribution in [1.82, 2.24) is 20.7 Å². The Balaban J connectivity index is 1.75. The molecule has 1 aromatic carbocycles. The predicted molar refractivity (Wildman–Crippen MR) is 60.4 cm³/mol. The molecule has 5 nitrogen and oxygen atoms in total. The molecule has 1 saturated heterocycles. The fourth-order valence-electron chi connectivity index (χ4n) is 2.05. The average molecular weight is 218 g/mol. The van der Waals surface area contributed by atoms with E-state index in [1.165, 1.54) is 12.8 Å². The second-order valence-corrected chi connectivity index (χ2v) is 4.05. The van der Waals surface area contributed by atoms with Crippen LogP contribution in [0.3, 0.4) is 0 Å². The number of fused-ring (bicyclic) bond motifs is 1. The Hall–Kier alpha value is -1.62. The Kier molecular flexibility index (Phi) is 2.46. The van der Waals surface area contributed by atoms with Gasteiger partial charge in [-0.15, -0.1) is 0 Å². The van der Waals surface area contributed by atoms with Crippen molar-refractivity contribution in [3.8, 4) is 5.75 Å². The Morgan fingerprint density at radius 3 is 3.25 bits per heavy atom. The van der Waals surface area contributed by atoms with Gasteiger partial charge in [-0.2, -0.15) is 15.4 Å². The van der Waals surface area contributed by atoms with Crippen LogP contribution in [0.1, 0.15) is 12.8 Å². The van der Waals surface area contributed by atoms with Gasteiger partial charge in [-0.1, -0.05) is 6.07 Å². The first kappa shape index (κ1) is 9.59. The topological polar surface area (TPSA) is 62.8 Å². The van der Waals surface area contributed by atoms with Crippen molar-refractivity contribution in [3.63, 3.8) is 0 Å². The van der Waals surface area contributed by atoms with Crippen LogP contribution in [0.15, 0.2) is 18.2 Å². The van der Waals surface area contributed by atoms with E-state index in [0.29, 0.717) is 12.6 Å². The smallest absolute Gasteiger partial charge is 0.154 e. The molecular formula is C11H14N4O. The minimum Gasteiger partial charge on any atom is -0.490 e. The number of H-pyrrole nitrogens is 1. The number of para-hydroxylation sites is 1. The third kappa shape index (κ3) is 1.74. The Morgan fingerprint density at radius 2 is 2.38 bits per heavy atom. The summed E-state index contributed by atoms with van der Waals surface area (Å²) in [5, 5.41) is 14.1. The molecule has 0 spiro atoms. The summed E-state index contributed by atoms with van der Waals surface area (Å²) in [6, 6.07) is 6.25. The standard InChI is InChI=1S/C11H14N4O/c1-4-9-11(14-15-13-9)10(5-1)16-7-8-3-2-6-12-8/h1,4-5,8,12H,2-3,6-7H2,(H,13,14,15). The highest BCUT2D eigenvalue weighted by Crippen LogP contribution is 2.21. The molecule has 0 amide bonds. The lowest BCUT2D eigenvalue weighted by atomic mass is 10.2. The van der Waals surface area contributed by atoms with E-state index < -0.39 is 0 Å². The molecule has 1 fully saturated rings. The summed E-state index contributed by atoms with van der Waals surface area (Å²) in [6.45, 7) is 1.80. The number of hydrogen-bond acceptors (Lipinski definition) is 4. The van der Waals surface area contributed by atoms with Crippen molar-refractivity contribution in [1.29, 1.82) is 0 Å². The summed E-state index contributed by atoms with van der Waals surface area (Å²) >= 11 is 0. The van der Waals surface area contributed by atoms with E-state index in [9.17, 15) is 0 Å². The summed E-state index contributed by atoms with van der Waals surface area (Å²) < 4.78 is 5.78. The molecule has 1 aromatic heterocycles. The van der Waals surface area contributed by atoms with Crippen molar-refractivity contribution in [3.05, 3.63) is 18.2 Å². The maximum absolute atomic E-state index is 5.78. The van der Waals surface area contributed by atoms with E-state index in [-0.39, 0.29) is 0 Å². The molecule has 0 bridgehead atoms. The molecule has 1 atom stereocenters. The third-order valence-corrected chi connectivity index (χ3v) is 2.91. The van der Waals surface area contributed by atoms with Crippen LogP contribution in [0, 0.1) is 0 Å². The van der Waals surface area contributed by atoms with Crippen LogP contribution in [-0.4, -0.2) is 34.6 Å². The minimum absolute atomic E-state index is 0.474. The normalized spacial score (nSPS) is 20.4. The highest BCUT2D eigenvalue weighted by molar-refractivity contribution is 5.80. The summed E-state index contributed by atoms with van der Waals surface area (Å²) in [5.41, 5.74) is 1.65. The molecule has 1 aliphatic rings. The molecule has 2 aromatic rings. The lowest BCUT2D eigenvalue weighted by Crippen LogP contribution is -2.28. The van der Waals surface area contributed by atoms with Gasteiger partial charge in [0.1, 0.15) is 17.9 Å². The summed E-state index contributed by atoms with van der Waals surface area (Å²) in [6.07, 6.45) is 2.43. The van der Waals surface area contributed by atoms with E-state index in [4.69, 9.17) is 4.74 Å². The first-order valence-corrected chi connectivity index (χ1v) is 5.59. The first-order valence-electron chi connectivity index (χ1n) is 5.59. The molecular weight excluding hydrogens is 204 g/mol. The molecule has 2 heterocycles. The van der Waals surface area contributed by atoms with Crippen LogP contribution in [0.5, 0.6) is 5.75 Å². The SMILES string of the molecule is c1cc(OCC2CCCN2)c2n[nH]nc2c1. The molecule has 0 saturated carbocycles. The van der Waals surface area contributed by atoms with Crippen LogP contribution in [0.4, 0.5) is 0 Å². The largest absolute Gasteiger partial charge is 0.490 e. The number of aromatic nitrogens is 3. The molecule has 3 rings (SSSR count). The Morgan fingerprint density at radius 1 is 1.38 bits per heavy atom. The minimum atomic E-state index is 0.474. The lowest BCUT2D eigenvalue weighted by molar-refractivity contribution is 0.280. The number of nitrogens with zero attached hydrogens (tertiary/aromatic N) is 2. The molecule has 84 valence electrons. The summed E-state index contributed by atoms with van der Waals surface area (Å²) in [4.78, 5) is 0. The van der Waals surface area contributed by atoms with Crippen molar-refractivity contribution in [2.75, 3.05) is 13.2 Å². The van der Waals surface area contributed by atoms with Crippen LogP contribution in [0.25, 0.3) is 11.0 Å². The number of benzene rings is 1. The molecule has 0 radical (unpaired) electrons. The van der Waals surface area contributed by atoms with Gasteiger partial charge in [0.25, 0.3) is 0 Å². The summed E-state index contributed by atoms with van der Waals surface area (Å²) in [5.74, 6) is 0.806. The fourth-order valence-corrected chi connectivity index (χ4v) is 2.05. The number of rotatable bonds is 3. The van der Waals surface area contributed by atoms with Gasteiger partial charge in [0.05, 0.1) is 0 Å². The fraction of sp³-hybridized carbons (Fsp3) is 0.455. The van der Waals surface area contributed by atoms with Gasteiger partial charge in [-0.3, -0.25) is 0 Å².